The zero-order valence-corrected chi connectivity index (χ0v) is 13.0. The summed E-state index contributed by atoms with van der Waals surface area (Å²) in [7, 11) is 3.82. The van der Waals surface area contributed by atoms with Crippen LogP contribution >= 0.6 is 0 Å². The standard InChI is InChI=1S/C18H19NO3/c1-4-17(20)13-8-10-16(11-9-13)22-18(21)14-6-5-7-15(12-14)19(2)3/h5-12H,4H2,1-3H3. The van der Waals surface area contributed by atoms with E-state index in [9.17, 15) is 9.59 Å². The summed E-state index contributed by atoms with van der Waals surface area (Å²) in [6, 6.07) is 13.8. The van der Waals surface area contributed by atoms with Gasteiger partial charge in [-0.15, -0.1) is 0 Å². The topological polar surface area (TPSA) is 46.6 Å². The highest BCUT2D eigenvalue weighted by molar-refractivity contribution is 5.96. The number of benzene rings is 2. The maximum atomic E-state index is 12.2. The number of nitrogens with zero attached hydrogens (tertiary/aromatic N) is 1. The first-order valence-corrected chi connectivity index (χ1v) is 7.14. The molecule has 0 aliphatic rings. The van der Waals surface area contributed by atoms with Crippen LogP contribution < -0.4 is 9.64 Å². The van der Waals surface area contributed by atoms with Crippen LogP contribution in [0.3, 0.4) is 0 Å². The van der Waals surface area contributed by atoms with Gasteiger partial charge in [0.2, 0.25) is 0 Å². The van der Waals surface area contributed by atoms with Crippen LogP contribution in [0.5, 0.6) is 5.75 Å². The molecule has 0 aliphatic heterocycles. The summed E-state index contributed by atoms with van der Waals surface area (Å²) < 4.78 is 5.33. The molecule has 22 heavy (non-hydrogen) atoms. The minimum Gasteiger partial charge on any atom is -0.423 e. The molecule has 0 N–H and O–H groups in total. The molecule has 0 atom stereocenters. The van der Waals surface area contributed by atoms with E-state index in [2.05, 4.69) is 0 Å². The van der Waals surface area contributed by atoms with Crippen LogP contribution in [0.2, 0.25) is 0 Å². The molecule has 4 heteroatoms. The Labute approximate surface area is 130 Å². The van der Waals surface area contributed by atoms with Crippen LogP contribution in [-0.2, 0) is 0 Å². The van der Waals surface area contributed by atoms with Gasteiger partial charge in [0, 0.05) is 31.8 Å². The largest absolute Gasteiger partial charge is 0.423 e. The third-order valence-electron chi connectivity index (χ3n) is 3.31. The van der Waals surface area contributed by atoms with Crippen molar-refractivity contribution in [1.29, 1.82) is 0 Å². The monoisotopic (exact) mass is 297 g/mol. The minimum absolute atomic E-state index is 0.0663. The van der Waals surface area contributed by atoms with Crippen molar-refractivity contribution in [2.45, 2.75) is 13.3 Å². The zero-order chi connectivity index (χ0) is 16.1. The van der Waals surface area contributed by atoms with Crippen molar-refractivity contribution in [2.75, 3.05) is 19.0 Å². The van der Waals surface area contributed by atoms with Gasteiger partial charge in [-0.05, 0) is 42.5 Å². The Morgan fingerprint density at radius 1 is 1.00 bits per heavy atom. The van der Waals surface area contributed by atoms with Gasteiger partial charge in [-0.25, -0.2) is 4.79 Å². The highest BCUT2D eigenvalue weighted by Crippen LogP contribution is 2.18. The molecule has 2 aromatic rings. The molecule has 0 radical (unpaired) electrons. The molecule has 0 bridgehead atoms. The average molecular weight is 297 g/mol. The van der Waals surface area contributed by atoms with E-state index >= 15 is 0 Å². The normalized spacial score (nSPS) is 10.1. The number of hydrogen-bond acceptors (Lipinski definition) is 4. The number of ether oxygens (including phenoxy) is 1. The van der Waals surface area contributed by atoms with Crippen molar-refractivity contribution >= 4 is 17.4 Å². The summed E-state index contributed by atoms with van der Waals surface area (Å²) >= 11 is 0. The van der Waals surface area contributed by atoms with Crippen molar-refractivity contribution in [1.82, 2.24) is 0 Å². The predicted molar refractivity (Wildman–Crippen MR) is 86.8 cm³/mol. The Balaban J connectivity index is 2.12. The van der Waals surface area contributed by atoms with Crippen LogP contribution in [-0.4, -0.2) is 25.8 Å². The highest BCUT2D eigenvalue weighted by atomic mass is 16.5. The second-order valence-electron chi connectivity index (χ2n) is 5.14. The maximum absolute atomic E-state index is 12.2. The quantitative estimate of drug-likeness (QED) is 0.481. The van der Waals surface area contributed by atoms with Crippen molar-refractivity contribution in [2.24, 2.45) is 0 Å². The van der Waals surface area contributed by atoms with E-state index in [0.717, 1.165) is 5.69 Å². The van der Waals surface area contributed by atoms with Gasteiger partial charge in [0.25, 0.3) is 0 Å². The third kappa shape index (κ3) is 3.73. The van der Waals surface area contributed by atoms with E-state index in [1.54, 1.807) is 36.4 Å². The predicted octanol–water partition coefficient (Wildman–Crippen LogP) is 3.56. The lowest BCUT2D eigenvalue weighted by Crippen LogP contribution is -2.12. The Hall–Kier alpha value is -2.62. The molecule has 0 amide bonds. The van der Waals surface area contributed by atoms with Gasteiger partial charge in [0.1, 0.15) is 5.75 Å². The zero-order valence-electron chi connectivity index (χ0n) is 13.0. The maximum Gasteiger partial charge on any atom is 0.343 e. The summed E-state index contributed by atoms with van der Waals surface area (Å²) in [6.07, 6.45) is 0.455. The average Bonchev–Trinajstić information content (AvgIpc) is 2.54. The Bertz CT molecular complexity index is 675. The Kier molecular flexibility index (Phi) is 4.94. The fraction of sp³-hybridized carbons (Fsp3) is 0.222. The van der Waals surface area contributed by atoms with Crippen LogP contribution in [0.15, 0.2) is 48.5 Å². The SMILES string of the molecule is CCC(=O)c1ccc(OC(=O)c2cccc(N(C)C)c2)cc1. The van der Waals surface area contributed by atoms with Gasteiger partial charge in [0.15, 0.2) is 5.78 Å². The summed E-state index contributed by atoms with van der Waals surface area (Å²) in [5.41, 5.74) is 2.04. The third-order valence-corrected chi connectivity index (χ3v) is 3.31. The van der Waals surface area contributed by atoms with Crippen molar-refractivity contribution in [3.8, 4) is 5.75 Å². The molecule has 0 heterocycles. The van der Waals surface area contributed by atoms with Crippen LogP contribution in [0.4, 0.5) is 5.69 Å². The Morgan fingerprint density at radius 3 is 2.27 bits per heavy atom. The van der Waals surface area contributed by atoms with E-state index in [1.807, 2.05) is 38.1 Å². The van der Waals surface area contributed by atoms with Crippen molar-refractivity contribution < 1.29 is 14.3 Å². The lowest BCUT2D eigenvalue weighted by Gasteiger charge is -2.13. The lowest BCUT2D eigenvalue weighted by molar-refractivity contribution is 0.0734. The van der Waals surface area contributed by atoms with Gasteiger partial charge in [-0.3, -0.25) is 4.79 Å². The van der Waals surface area contributed by atoms with Gasteiger partial charge in [-0.1, -0.05) is 13.0 Å². The van der Waals surface area contributed by atoms with E-state index in [0.29, 0.717) is 23.3 Å². The summed E-state index contributed by atoms with van der Waals surface area (Å²) in [5.74, 6) is 0.0720. The number of carbonyl (C=O) groups excluding carboxylic acids is 2. The summed E-state index contributed by atoms with van der Waals surface area (Å²) in [6.45, 7) is 1.81. The van der Waals surface area contributed by atoms with Gasteiger partial charge >= 0.3 is 5.97 Å². The number of hydrogen-bond donors (Lipinski definition) is 0. The molecule has 0 saturated heterocycles. The number of anilines is 1. The molecule has 0 saturated carbocycles. The number of ketones is 1. The molecule has 0 aliphatic carbocycles. The van der Waals surface area contributed by atoms with E-state index in [1.165, 1.54) is 0 Å². The fourth-order valence-electron chi connectivity index (χ4n) is 1.99. The molecular formula is C18H19NO3. The van der Waals surface area contributed by atoms with E-state index in [-0.39, 0.29) is 5.78 Å². The number of rotatable bonds is 5. The second-order valence-corrected chi connectivity index (χ2v) is 5.14. The van der Waals surface area contributed by atoms with E-state index in [4.69, 9.17) is 4.74 Å². The first-order valence-electron chi connectivity index (χ1n) is 7.14. The summed E-state index contributed by atoms with van der Waals surface area (Å²) in [5, 5.41) is 0. The van der Waals surface area contributed by atoms with E-state index < -0.39 is 5.97 Å². The number of Topliss-reactive ketones (excluding diaryl/α,β-unsaturated/α-hetero) is 1. The molecule has 0 aromatic heterocycles. The first-order chi connectivity index (χ1) is 10.5. The van der Waals surface area contributed by atoms with Crippen LogP contribution in [0, 0.1) is 0 Å². The lowest BCUT2D eigenvalue weighted by atomic mass is 10.1. The molecular weight excluding hydrogens is 278 g/mol. The van der Waals surface area contributed by atoms with Crippen molar-refractivity contribution in [3.63, 3.8) is 0 Å². The Morgan fingerprint density at radius 2 is 1.68 bits per heavy atom. The molecule has 114 valence electrons. The number of carbonyl (C=O) groups is 2. The van der Waals surface area contributed by atoms with Gasteiger partial charge < -0.3 is 9.64 Å². The van der Waals surface area contributed by atoms with Gasteiger partial charge in [0.05, 0.1) is 5.56 Å². The van der Waals surface area contributed by atoms with Gasteiger partial charge in [-0.2, -0.15) is 0 Å². The number of esters is 1. The molecule has 0 unspecified atom stereocenters. The molecule has 2 aromatic carbocycles. The van der Waals surface area contributed by atoms with Crippen molar-refractivity contribution in [3.05, 3.63) is 59.7 Å². The van der Waals surface area contributed by atoms with Crippen LogP contribution in [0.1, 0.15) is 34.1 Å². The second kappa shape index (κ2) is 6.89. The molecule has 0 spiro atoms. The minimum atomic E-state index is -0.418. The molecule has 4 nitrogen and oxygen atoms in total. The highest BCUT2D eigenvalue weighted by Gasteiger charge is 2.10. The smallest absolute Gasteiger partial charge is 0.343 e. The molecule has 0 fully saturated rings. The van der Waals surface area contributed by atoms with Crippen LogP contribution in [0.25, 0.3) is 0 Å². The molecule has 2 rings (SSSR count). The fourth-order valence-corrected chi connectivity index (χ4v) is 1.99. The first kappa shape index (κ1) is 15.8. The summed E-state index contributed by atoms with van der Waals surface area (Å²) in [4.78, 5) is 25.6.